The van der Waals surface area contributed by atoms with Crippen LogP contribution in [-0.2, 0) is 24.0 Å². The van der Waals surface area contributed by atoms with Crippen molar-refractivity contribution in [2.45, 2.75) is 89.9 Å². The van der Waals surface area contributed by atoms with Gasteiger partial charge in [0.05, 0.1) is 22.7 Å². The third kappa shape index (κ3) is 11.9. The number of Topliss-reactive ketones (excluding diaryl/α,β-unsaturated/α-hetero) is 1. The second-order valence-electron chi connectivity index (χ2n) is 11.9. The Morgan fingerprint density at radius 2 is 1.83 bits per heavy atom. The minimum atomic E-state index is -1.19. The molecule has 256 valence electrons. The molecule has 4 atom stereocenters. The summed E-state index contributed by atoms with van der Waals surface area (Å²) in [5, 5.41) is 13.7. The molecule has 0 spiro atoms. The summed E-state index contributed by atoms with van der Waals surface area (Å²) < 4.78 is 0.825. The van der Waals surface area contributed by atoms with Gasteiger partial charge in [-0.3, -0.25) is 33.8 Å². The lowest BCUT2D eigenvalue weighted by atomic mass is 10.00. The van der Waals surface area contributed by atoms with Crippen molar-refractivity contribution in [1.82, 2.24) is 31.6 Å². The number of rotatable bonds is 11. The number of hydrogen-bond acceptors (Lipinski definition) is 9. The number of carbonyl (C=O) groups excluding carboxylic acids is 6. The predicted molar refractivity (Wildman–Crippen MR) is 178 cm³/mol. The van der Waals surface area contributed by atoms with Gasteiger partial charge >= 0.3 is 0 Å². The van der Waals surface area contributed by atoms with Gasteiger partial charge in [-0.2, -0.15) is 0 Å². The summed E-state index contributed by atoms with van der Waals surface area (Å²) in [7, 11) is 0. The number of benzene rings is 1. The van der Waals surface area contributed by atoms with E-state index in [1.165, 1.54) is 18.3 Å². The van der Waals surface area contributed by atoms with Crippen molar-refractivity contribution in [2.75, 3.05) is 13.1 Å². The van der Waals surface area contributed by atoms with E-state index < -0.39 is 53.7 Å². The quantitative estimate of drug-likeness (QED) is 0.0748. The lowest BCUT2D eigenvalue weighted by Gasteiger charge is -2.27. The molecule has 2 aromatic rings. The Morgan fingerprint density at radius 3 is 2.51 bits per heavy atom. The first-order valence-electron chi connectivity index (χ1n) is 15.7. The standard InChI is InChI=1S/C31H45N9O6S/c1-17(2)15-22-28(45)38-21(10-6-7-13-34-25(42)16-23(29(46)39-22)36-18(3)41)27(44)37-20(11-8-14-35-31(32)33)26(43)30-40-19-9-4-5-12-24(19)47-30/h4-5,9,12,17,20-23H,6-8,10-11,13-16H2,1-3H3,(H,34,42)(H,36,41)(H,37,44)(H,38,45)(H,39,46)(H4,32,33,35). The van der Waals surface area contributed by atoms with Crippen LogP contribution >= 0.6 is 11.3 Å². The van der Waals surface area contributed by atoms with Gasteiger partial charge in [0.2, 0.25) is 35.3 Å². The zero-order chi connectivity index (χ0) is 34.5. The molecule has 0 radical (unpaired) electrons. The van der Waals surface area contributed by atoms with Gasteiger partial charge in [0.25, 0.3) is 0 Å². The molecule has 1 aromatic heterocycles. The number of guanidine groups is 1. The second-order valence-corrected chi connectivity index (χ2v) is 12.9. The predicted octanol–water partition coefficient (Wildman–Crippen LogP) is 0.228. The molecule has 1 aromatic carbocycles. The summed E-state index contributed by atoms with van der Waals surface area (Å²) in [5.41, 5.74) is 11.6. The molecule has 47 heavy (non-hydrogen) atoms. The highest BCUT2D eigenvalue weighted by molar-refractivity contribution is 7.20. The van der Waals surface area contributed by atoms with Crippen molar-refractivity contribution in [3.8, 4) is 0 Å². The lowest BCUT2D eigenvalue weighted by Crippen LogP contribution is -2.58. The first-order valence-corrected chi connectivity index (χ1v) is 16.6. The molecule has 2 heterocycles. The Kier molecular flexibility index (Phi) is 14.1. The highest BCUT2D eigenvalue weighted by Gasteiger charge is 2.33. The molecule has 1 aliphatic rings. The number of para-hydroxylation sites is 1. The Hall–Kier alpha value is -4.60. The molecule has 4 unspecified atom stereocenters. The average molecular weight is 672 g/mol. The Balaban J connectivity index is 1.86. The molecule has 1 saturated heterocycles. The summed E-state index contributed by atoms with van der Waals surface area (Å²) >= 11 is 1.22. The zero-order valence-corrected chi connectivity index (χ0v) is 27.8. The largest absolute Gasteiger partial charge is 0.370 e. The van der Waals surface area contributed by atoms with Crippen molar-refractivity contribution in [2.24, 2.45) is 22.4 Å². The van der Waals surface area contributed by atoms with Crippen LogP contribution in [0.4, 0.5) is 0 Å². The van der Waals surface area contributed by atoms with Crippen molar-refractivity contribution in [1.29, 1.82) is 0 Å². The number of nitrogens with zero attached hydrogens (tertiary/aromatic N) is 2. The monoisotopic (exact) mass is 671 g/mol. The van der Waals surface area contributed by atoms with Crippen LogP contribution in [0.3, 0.4) is 0 Å². The number of carbonyl (C=O) groups is 6. The number of aromatic nitrogens is 1. The molecule has 16 heteroatoms. The smallest absolute Gasteiger partial charge is 0.243 e. The lowest BCUT2D eigenvalue weighted by molar-refractivity contribution is -0.135. The van der Waals surface area contributed by atoms with Crippen LogP contribution in [0.25, 0.3) is 10.2 Å². The van der Waals surface area contributed by atoms with E-state index in [2.05, 4.69) is 36.6 Å². The number of hydrogen-bond donors (Lipinski definition) is 7. The summed E-state index contributed by atoms with van der Waals surface area (Å²) in [5.74, 6) is -3.32. The van der Waals surface area contributed by atoms with Crippen LogP contribution in [0, 0.1) is 5.92 Å². The van der Waals surface area contributed by atoms with E-state index in [9.17, 15) is 28.8 Å². The maximum Gasteiger partial charge on any atom is 0.243 e. The number of nitrogens with one attached hydrogen (secondary N) is 5. The molecule has 0 aliphatic carbocycles. The number of fused-ring (bicyclic) bond motifs is 1. The molecule has 3 rings (SSSR count). The summed E-state index contributed by atoms with van der Waals surface area (Å²) in [6, 6.07) is 3.04. The fourth-order valence-corrected chi connectivity index (χ4v) is 6.06. The fourth-order valence-electron chi connectivity index (χ4n) is 5.10. The number of aliphatic imine (C=N–C) groups is 1. The van der Waals surface area contributed by atoms with Crippen LogP contribution in [-0.4, -0.2) is 83.5 Å². The van der Waals surface area contributed by atoms with Crippen LogP contribution in [0.2, 0.25) is 0 Å². The van der Waals surface area contributed by atoms with Gasteiger partial charge in [0, 0.05) is 20.0 Å². The van der Waals surface area contributed by atoms with Crippen molar-refractivity contribution in [3.05, 3.63) is 29.3 Å². The first kappa shape index (κ1) is 36.9. The second kappa shape index (κ2) is 17.9. The van der Waals surface area contributed by atoms with Gasteiger partial charge in [-0.05, 0) is 56.6 Å². The van der Waals surface area contributed by atoms with Gasteiger partial charge in [0.1, 0.15) is 18.1 Å². The molecule has 1 fully saturated rings. The number of ketones is 1. The molecule has 15 nitrogen and oxygen atoms in total. The Morgan fingerprint density at radius 1 is 1.09 bits per heavy atom. The van der Waals surface area contributed by atoms with Crippen molar-refractivity contribution < 1.29 is 28.8 Å². The molecular formula is C31H45N9O6S. The minimum Gasteiger partial charge on any atom is -0.370 e. The van der Waals surface area contributed by atoms with E-state index >= 15 is 0 Å². The zero-order valence-electron chi connectivity index (χ0n) is 27.0. The van der Waals surface area contributed by atoms with Crippen LogP contribution in [0.5, 0.6) is 0 Å². The molecule has 0 bridgehead atoms. The van der Waals surface area contributed by atoms with Gasteiger partial charge < -0.3 is 38.1 Å². The highest BCUT2D eigenvalue weighted by atomic mass is 32.1. The van der Waals surface area contributed by atoms with Crippen molar-refractivity contribution >= 4 is 62.8 Å². The maximum atomic E-state index is 13.8. The summed E-state index contributed by atoms with van der Waals surface area (Å²) in [4.78, 5) is 87.0. The third-order valence-electron chi connectivity index (χ3n) is 7.38. The van der Waals surface area contributed by atoms with Crippen molar-refractivity contribution in [3.63, 3.8) is 0 Å². The SMILES string of the molecule is CC(=O)NC1CC(=O)NCCCCC(C(=O)NC(CCCN=C(N)N)C(=O)c2nc3ccccc3s2)NC(=O)C(CC(C)C)NC1=O. The van der Waals surface area contributed by atoms with E-state index in [4.69, 9.17) is 11.5 Å². The number of amides is 5. The summed E-state index contributed by atoms with van der Waals surface area (Å²) in [6.45, 7) is 5.47. The topological polar surface area (TPSA) is 240 Å². The van der Waals surface area contributed by atoms with Gasteiger partial charge in [0.15, 0.2) is 11.0 Å². The van der Waals surface area contributed by atoms with Gasteiger partial charge in [-0.15, -0.1) is 11.3 Å². The van der Waals surface area contributed by atoms with E-state index in [-0.39, 0.29) is 61.4 Å². The third-order valence-corrected chi connectivity index (χ3v) is 8.43. The summed E-state index contributed by atoms with van der Waals surface area (Å²) in [6.07, 6.45) is 1.67. The highest BCUT2D eigenvalue weighted by Crippen LogP contribution is 2.23. The van der Waals surface area contributed by atoms with E-state index in [1.807, 2.05) is 32.0 Å². The van der Waals surface area contributed by atoms with Crippen LogP contribution < -0.4 is 38.1 Å². The van der Waals surface area contributed by atoms with E-state index in [0.717, 1.165) is 4.70 Å². The molecular weight excluding hydrogens is 626 g/mol. The molecule has 1 aliphatic heterocycles. The molecule has 0 saturated carbocycles. The Bertz CT molecular complexity index is 1440. The van der Waals surface area contributed by atoms with Crippen LogP contribution in [0.15, 0.2) is 29.3 Å². The van der Waals surface area contributed by atoms with E-state index in [0.29, 0.717) is 24.8 Å². The van der Waals surface area contributed by atoms with Gasteiger partial charge in [-0.25, -0.2) is 4.98 Å². The molecule has 9 N–H and O–H groups in total. The van der Waals surface area contributed by atoms with Gasteiger partial charge in [-0.1, -0.05) is 26.0 Å². The minimum absolute atomic E-state index is 0.0271. The van der Waals surface area contributed by atoms with Crippen LogP contribution in [0.1, 0.15) is 75.5 Å². The Labute approximate surface area is 277 Å². The number of nitrogens with two attached hydrogens (primary N) is 2. The maximum absolute atomic E-state index is 13.8. The first-order chi connectivity index (χ1) is 22.3. The molecule has 5 amide bonds. The normalized spacial score (nSPS) is 20.3. The fraction of sp³-hybridized carbons (Fsp3) is 0.548. The number of thiazole rings is 1. The van der Waals surface area contributed by atoms with E-state index in [1.54, 1.807) is 6.07 Å². The average Bonchev–Trinajstić information content (AvgIpc) is 3.44.